The van der Waals surface area contributed by atoms with Gasteiger partial charge in [0.1, 0.15) is 0 Å². The molecule has 0 saturated heterocycles. The number of hydrogen-bond donors (Lipinski definition) is 0. The standard InChI is InChI=1S/C9H17ClO/c1-8(7-10)5-6-11-9(2,3)4/h5H,6-7H2,1-4H3/b8-5+. The van der Waals surface area contributed by atoms with Crippen LogP contribution in [0, 0.1) is 0 Å². The van der Waals surface area contributed by atoms with Gasteiger partial charge in [0.05, 0.1) is 12.2 Å². The highest BCUT2D eigenvalue weighted by Gasteiger charge is 2.07. The van der Waals surface area contributed by atoms with Crippen molar-refractivity contribution in [3.63, 3.8) is 0 Å². The molecule has 0 amide bonds. The molecule has 0 bridgehead atoms. The largest absolute Gasteiger partial charge is 0.372 e. The van der Waals surface area contributed by atoms with E-state index in [1.807, 2.05) is 33.8 Å². The van der Waals surface area contributed by atoms with E-state index in [1.54, 1.807) is 0 Å². The number of allylic oxidation sites excluding steroid dienone is 1. The highest BCUT2D eigenvalue weighted by molar-refractivity contribution is 6.19. The van der Waals surface area contributed by atoms with E-state index < -0.39 is 0 Å². The second-order valence-corrected chi connectivity index (χ2v) is 3.87. The van der Waals surface area contributed by atoms with E-state index in [-0.39, 0.29) is 5.60 Å². The Bertz CT molecular complexity index is 133. The lowest BCUT2D eigenvalue weighted by Gasteiger charge is -2.18. The van der Waals surface area contributed by atoms with Crippen LogP contribution in [0.25, 0.3) is 0 Å². The normalized spacial score (nSPS) is 13.7. The highest BCUT2D eigenvalue weighted by Crippen LogP contribution is 2.06. The molecule has 0 aromatic rings. The van der Waals surface area contributed by atoms with Crippen LogP contribution in [-0.4, -0.2) is 18.1 Å². The molecule has 0 radical (unpaired) electrons. The Morgan fingerprint density at radius 2 is 2.00 bits per heavy atom. The molecule has 11 heavy (non-hydrogen) atoms. The molecule has 0 unspecified atom stereocenters. The molecule has 0 heterocycles. The Morgan fingerprint density at radius 3 is 2.36 bits per heavy atom. The molecule has 0 aliphatic rings. The van der Waals surface area contributed by atoms with Gasteiger partial charge in [-0.05, 0) is 27.7 Å². The highest BCUT2D eigenvalue weighted by atomic mass is 35.5. The summed E-state index contributed by atoms with van der Waals surface area (Å²) in [5.41, 5.74) is 1.11. The molecular formula is C9H17ClO. The molecular weight excluding hydrogens is 160 g/mol. The summed E-state index contributed by atoms with van der Waals surface area (Å²) in [4.78, 5) is 0. The van der Waals surface area contributed by atoms with Crippen molar-refractivity contribution in [2.24, 2.45) is 0 Å². The lowest BCUT2D eigenvalue weighted by atomic mass is 10.2. The summed E-state index contributed by atoms with van der Waals surface area (Å²) < 4.78 is 5.47. The molecule has 1 nitrogen and oxygen atoms in total. The number of hydrogen-bond acceptors (Lipinski definition) is 1. The number of rotatable bonds is 3. The predicted octanol–water partition coefficient (Wildman–Crippen LogP) is 2.99. The van der Waals surface area contributed by atoms with E-state index in [2.05, 4.69) is 0 Å². The van der Waals surface area contributed by atoms with Crippen molar-refractivity contribution in [1.82, 2.24) is 0 Å². The maximum Gasteiger partial charge on any atom is 0.0657 e. The van der Waals surface area contributed by atoms with E-state index in [0.717, 1.165) is 5.57 Å². The van der Waals surface area contributed by atoms with Gasteiger partial charge in [-0.25, -0.2) is 0 Å². The number of alkyl halides is 1. The van der Waals surface area contributed by atoms with Crippen LogP contribution >= 0.6 is 11.6 Å². The summed E-state index contributed by atoms with van der Waals surface area (Å²) in [6.07, 6.45) is 2.01. The van der Waals surface area contributed by atoms with Crippen molar-refractivity contribution in [2.75, 3.05) is 12.5 Å². The Hall–Kier alpha value is -0.0100. The monoisotopic (exact) mass is 176 g/mol. The Balaban J connectivity index is 3.57. The fourth-order valence-corrected chi connectivity index (χ4v) is 0.598. The van der Waals surface area contributed by atoms with Crippen LogP contribution in [0.15, 0.2) is 11.6 Å². The molecule has 2 heteroatoms. The minimum atomic E-state index is -0.0525. The van der Waals surface area contributed by atoms with Crippen molar-refractivity contribution in [2.45, 2.75) is 33.3 Å². The molecule has 66 valence electrons. The van der Waals surface area contributed by atoms with Gasteiger partial charge >= 0.3 is 0 Å². The van der Waals surface area contributed by atoms with Crippen molar-refractivity contribution >= 4 is 11.6 Å². The van der Waals surface area contributed by atoms with Gasteiger partial charge in [-0.3, -0.25) is 0 Å². The molecule has 0 aromatic carbocycles. The third-order valence-electron chi connectivity index (χ3n) is 1.16. The second-order valence-electron chi connectivity index (χ2n) is 3.61. The van der Waals surface area contributed by atoms with Gasteiger partial charge in [0, 0.05) is 5.88 Å². The topological polar surface area (TPSA) is 9.23 Å². The third-order valence-corrected chi connectivity index (χ3v) is 1.58. The predicted molar refractivity (Wildman–Crippen MR) is 50.2 cm³/mol. The van der Waals surface area contributed by atoms with Gasteiger partial charge in [-0.1, -0.05) is 11.6 Å². The average molecular weight is 177 g/mol. The van der Waals surface area contributed by atoms with Crippen LogP contribution in [0.2, 0.25) is 0 Å². The van der Waals surface area contributed by atoms with E-state index >= 15 is 0 Å². The zero-order valence-corrected chi connectivity index (χ0v) is 8.53. The molecule has 0 saturated carbocycles. The van der Waals surface area contributed by atoms with Crippen LogP contribution in [0.5, 0.6) is 0 Å². The van der Waals surface area contributed by atoms with Crippen LogP contribution in [0.4, 0.5) is 0 Å². The fraction of sp³-hybridized carbons (Fsp3) is 0.778. The van der Waals surface area contributed by atoms with Crippen LogP contribution in [-0.2, 0) is 4.74 Å². The van der Waals surface area contributed by atoms with Crippen molar-refractivity contribution in [3.05, 3.63) is 11.6 Å². The van der Waals surface area contributed by atoms with Crippen molar-refractivity contribution in [1.29, 1.82) is 0 Å². The Kier molecular flexibility index (Phi) is 4.78. The number of ether oxygens (including phenoxy) is 1. The van der Waals surface area contributed by atoms with E-state index in [9.17, 15) is 0 Å². The third kappa shape index (κ3) is 7.89. The van der Waals surface area contributed by atoms with Gasteiger partial charge in [0.25, 0.3) is 0 Å². The molecule has 0 aromatic heterocycles. The Morgan fingerprint density at radius 1 is 1.45 bits per heavy atom. The maximum atomic E-state index is 5.58. The first-order valence-electron chi connectivity index (χ1n) is 3.81. The first kappa shape index (κ1) is 11.0. The van der Waals surface area contributed by atoms with Gasteiger partial charge < -0.3 is 4.74 Å². The van der Waals surface area contributed by atoms with E-state index in [1.165, 1.54) is 0 Å². The molecule has 0 fully saturated rings. The summed E-state index contributed by atoms with van der Waals surface area (Å²) in [6, 6.07) is 0. The molecule has 0 spiro atoms. The lowest BCUT2D eigenvalue weighted by molar-refractivity contribution is 0.0148. The zero-order valence-electron chi connectivity index (χ0n) is 7.78. The minimum Gasteiger partial charge on any atom is -0.372 e. The van der Waals surface area contributed by atoms with Gasteiger partial charge in [-0.15, -0.1) is 11.6 Å². The zero-order chi connectivity index (χ0) is 8.91. The van der Waals surface area contributed by atoms with Crippen molar-refractivity contribution < 1.29 is 4.74 Å². The smallest absolute Gasteiger partial charge is 0.0657 e. The average Bonchev–Trinajstić information content (AvgIpc) is 1.85. The first-order chi connectivity index (χ1) is 4.95. The maximum absolute atomic E-state index is 5.58. The van der Waals surface area contributed by atoms with E-state index in [0.29, 0.717) is 12.5 Å². The van der Waals surface area contributed by atoms with Crippen molar-refractivity contribution in [3.8, 4) is 0 Å². The van der Waals surface area contributed by atoms with Crippen LogP contribution < -0.4 is 0 Å². The second kappa shape index (κ2) is 4.78. The summed E-state index contributed by atoms with van der Waals surface area (Å²) in [7, 11) is 0. The fourth-order valence-electron chi connectivity index (χ4n) is 0.488. The first-order valence-corrected chi connectivity index (χ1v) is 4.35. The molecule has 0 aliphatic carbocycles. The minimum absolute atomic E-state index is 0.0525. The summed E-state index contributed by atoms with van der Waals surface area (Å²) in [6.45, 7) is 8.77. The molecule has 0 aliphatic heterocycles. The van der Waals surface area contributed by atoms with E-state index in [4.69, 9.17) is 16.3 Å². The van der Waals surface area contributed by atoms with Crippen LogP contribution in [0.3, 0.4) is 0 Å². The lowest BCUT2D eigenvalue weighted by Crippen LogP contribution is -2.19. The molecule has 0 atom stereocenters. The molecule has 0 N–H and O–H groups in total. The summed E-state index contributed by atoms with van der Waals surface area (Å²) in [5.74, 6) is 0.591. The summed E-state index contributed by atoms with van der Waals surface area (Å²) in [5, 5.41) is 0. The summed E-state index contributed by atoms with van der Waals surface area (Å²) >= 11 is 5.58. The van der Waals surface area contributed by atoms with Gasteiger partial charge in [0.2, 0.25) is 0 Å². The SMILES string of the molecule is C/C(=C\COC(C)(C)C)CCl. The van der Waals surface area contributed by atoms with Gasteiger partial charge in [-0.2, -0.15) is 0 Å². The molecule has 0 rings (SSSR count). The quantitative estimate of drug-likeness (QED) is 0.475. The number of halogens is 1. The Labute approximate surface area is 74.4 Å². The van der Waals surface area contributed by atoms with Crippen LogP contribution in [0.1, 0.15) is 27.7 Å². The van der Waals surface area contributed by atoms with Gasteiger partial charge in [0.15, 0.2) is 0 Å².